The average molecular weight is 601 g/mol. The molecule has 0 radical (unpaired) electrons. The molecule has 9 nitrogen and oxygen atoms in total. The minimum Gasteiger partial charge on any atom is -0.497 e. The fourth-order valence-electron chi connectivity index (χ4n) is 5.04. The van der Waals surface area contributed by atoms with E-state index in [9.17, 15) is 13.2 Å². The van der Waals surface area contributed by atoms with Crippen molar-refractivity contribution in [2.45, 2.75) is 17.9 Å². The van der Waals surface area contributed by atoms with Crippen LogP contribution in [0.25, 0.3) is 0 Å². The molecule has 1 heterocycles. The number of hydrogen-bond acceptors (Lipinski definition) is 7. The van der Waals surface area contributed by atoms with Crippen LogP contribution in [0.1, 0.15) is 18.5 Å². The molecule has 1 amide bonds. The van der Waals surface area contributed by atoms with E-state index < -0.39 is 22.0 Å². The van der Waals surface area contributed by atoms with Crippen molar-refractivity contribution in [1.82, 2.24) is 4.72 Å². The molecular weight excluding hydrogens is 564 g/mol. The maximum absolute atomic E-state index is 13.9. The van der Waals surface area contributed by atoms with E-state index in [1.54, 1.807) is 31.4 Å². The lowest BCUT2D eigenvalue weighted by Gasteiger charge is -2.38. The van der Waals surface area contributed by atoms with E-state index in [4.69, 9.17) is 9.47 Å². The van der Waals surface area contributed by atoms with Gasteiger partial charge in [-0.1, -0.05) is 48.5 Å². The monoisotopic (exact) mass is 600 g/mol. The highest BCUT2D eigenvalue weighted by molar-refractivity contribution is 7.89. The zero-order valence-electron chi connectivity index (χ0n) is 24.3. The van der Waals surface area contributed by atoms with E-state index in [2.05, 4.69) is 19.8 Å². The summed E-state index contributed by atoms with van der Waals surface area (Å²) in [4.78, 5) is 17.1. The van der Waals surface area contributed by atoms with Crippen LogP contribution in [0.15, 0.2) is 108 Å². The van der Waals surface area contributed by atoms with Gasteiger partial charge in [0.15, 0.2) is 6.61 Å². The Hall–Kier alpha value is -4.54. The molecule has 0 aliphatic carbocycles. The van der Waals surface area contributed by atoms with Gasteiger partial charge in [-0.15, -0.1) is 0 Å². The second-order valence-corrected chi connectivity index (χ2v) is 11.9. The number of benzene rings is 4. The quantitative estimate of drug-likeness (QED) is 0.248. The van der Waals surface area contributed by atoms with Gasteiger partial charge in [-0.05, 0) is 67.1 Å². The number of carbonyl (C=O) groups excluding carboxylic acids is 1. The lowest BCUT2D eigenvalue weighted by molar-refractivity contribution is -0.118. The van der Waals surface area contributed by atoms with Crippen LogP contribution in [0.3, 0.4) is 0 Å². The standard InChI is InChI=1S/C33H36N4O5S/c1-25(26-9-5-3-6-10-26)35-43(39,40)32-23-27(34-33(38)24-42-30-11-7-4-8-12-30)13-18-31(32)37-21-19-36(20-22-37)28-14-16-29(41-2)17-15-28/h3-18,23,25,35H,19-22,24H2,1-2H3,(H,34,38). The molecule has 224 valence electrons. The smallest absolute Gasteiger partial charge is 0.262 e. The first-order chi connectivity index (χ1) is 20.8. The van der Waals surface area contributed by atoms with Crippen LogP contribution in [0.4, 0.5) is 17.1 Å². The molecule has 43 heavy (non-hydrogen) atoms. The zero-order chi connectivity index (χ0) is 30.2. The molecule has 4 aromatic carbocycles. The molecular formula is C33H36N4O5S. The van der Waals surface area contributed by atoms with Crippen molar-refractivity contribution in [3.8, 4) is 11.5 Å². The molecule has 1 unspecified atom stereocenters. The summed E-state index contributed by atoms with van der Waals surface area (Å²) >= 11 is 0. The zero-order valence-corrected chi connectivity index (χ0v) is 25.1. The number of amides is 1. The molecule has 1 saturated heterocycles. The first kappa shape index (κ1) is 29.9. The largest absolute Gasteiger partial charge is 0.497 e. The van der Waals surface area contributed by atoms with Gasteiger partial charge in [-0.3, -0.25) is 4.79 Å². The summed E-state index contributed by atoms with van der Waals surface area (Å²) in [6, 6.07) is 30.9. The van der Waals surface area contributed by atoms with Gasteiger partial charge in [0.25, 0.3) is 5.91 Å². The van der Waals surface area contributed by atoms with Crippen LogP contribution >= 0.6 is 0 Å². The number of hydrogen-bond donors (Lipinski definition) is 2. The van der Waals surface area contributed by atoms with Crippen molar-refractivity contribution in [3.05, 3.63) is 109 Å². The lowest BCUT2D eigenvalue weighted by atomic mass is 10.1. The molecule has 1 aliphatic heterocycles. The maximum atomic E-state index is 13.9. The van der Waals surface area contributed by atoms with Gasteiger partial charge in [0.05, 0.1) is 12.8 Å². The SMILES string of the molecule is COc1ccc(N2CCN(c3ccc(NC(=O)COc4ccccc4)cc3S(=O)(=O)NC(C)c3ccccc3)CC2)cc1. The van der Waals surface area contributed by atoms with Gasteiger partial charge in [0, 0.05) is 43.6 Å². The summed E-state index contributed by atoms with van der Waals surface area (Å²) < 4.78 is 41.4. The molecule has 4 aromatic rings. The van der Waals surface area contributed by atoms with Gasteiger partial charge in [0.2, 0.25) is 10.0 Å². The van der Waals surface area contributed by atoms with Crippen LogP contribution in [0.5, 0.6) is 11.5 Å². The second kappa shape index (κ2) is 13.6. The number of methoxy groups -OCH3 is 1. The van der Waals surface area contributed by atoms with Crippen LogP contribution in [0, 0.1) is 0 Å². The first-order valence-corrected chi connectivity index (χ1v) is 15.6. The number of carbonyl (C=O) groups is 1. The van der Waals surface area contributed by atoms with Crippen molar-refractivity contribution in [2.24, 2.45) is 0 Å². The topological polar surface area (TPSA) is 100 Å². The molecule has 1 atom stereocenters. The first-order valence-electron chi connectivity index (χ1n) is 14.2. The van der Waals surface area contributed by atoms with E-state index >= 15 is 0 Å². The number of ether oxygens (including phenoxy) is 2. The Bertz CT molecular complexity index is 1610. The van der Waals surface area contributed by atoms with E-state index in [0.717, 1.165) is 30.1 Å². The van der Waals surface area contributed by atoms with Crippen molar-refractivity contribution in [1.29, 1.82) is 0 Å². The van der Waals surface area contributed by atoms with Crippen LogP contribution < -0.4 is 29.3 Å². The van der Waals surface area contributed by atoms with E-state index in [1.807, 2.05) is 79.7 Å². The Morgan fingerprint density at radius 3 is 2.09 bits per heavy atom. The molecule has 0 saturated carbocycles. The third-order valence-corrected chi connectivity index (χ3v) is 8.91. The van der Waals surface area contributed by atoms with Crippen LogP contribution in [0.2, 0.25) is 0 Å². The number of piperazine rings is 1. The number of para-hydroxylation sites is 1. The summed E-state index contributed by atoms with van der Waals surface area (Å²) in [5, 5.41) is 2.78. The summed E-state index contributed by atoms with van der Waals surface area (Å²) in [5.41, 5.74) is 2.89. The molecule has 0 aromatic heterocycles. The van der Waals surface area contributed by atoms with Gasteiger partial charge >= 0.3 is 0 Å². The second-order valence-electron chi connectivity index (χ2n) is 10.3. The van der Waals surface area contributed by atoms with Crippen LogP contribution in [-0.4, -0.2) is 54.2 Å². The number of rotatable bonds is 11. The fourth-order valence-corrected chi connectivity index (χ4v) is 6.52. The van der Waals surface area contributed by atoms with E-state index in [1.165, 1.54) is 6.07 Å². The Morgan fingerprint density at radius 2 is 1.44 bits per heavy atom. The molecule has 0 spiro atoms. The van der Waals surface area contributed by atoms with Gasteiger partial charge in [0.1, 0.15) is 16.4 Å². The summed E-state index contributed by atoms with van der Waals surface area (Å²) in [7, 11) is -2.33. The highest BCUT2D eigenvalue weighted by atomic mass is 32.2. The van der Waals surface area contributed by atoms with E-state index in [0.29, 0.717) is 30.2 Å². The van der Waals surface area contributed by atoms with Gasteiger partial charge in [-0.25, -0.2) is 13.1 Å². The third kappa shape index (κ3) is 7.65. The van der Waals surface area contributed by atoms with Gasteiger partial charge in [-0.2, -0.15) is 0 Å². The predicted octanol–water partition coefficient (Wildman–Crippen LogP) is 5.08. The number of anilines is 3. The third-order valence-electron chi connectivity index (χ3n) is 7.34. The maximum Gasteiger partial charge on any atom is 0.262 e. The lowest BCUT2D eigenvalue weighted by Crippen LogP contribution is -2.47. The predicted molar refractivity (Wildman–Crippen MR) is 170 cm³/mol. The normalized spacial score (nSPS) is 14.2. The van der Waals surface area contributed by atoms with Crippen molar-refractivity contribution >= 4 is 33.0 Å². The Labute approximate surface area is 253 Å². The van der Waals surface area contributed by atoms with Crippen molar-refractivity contribution in [2.75, 3.05) is 55.0 Å². The fraction of sp³-hybridized carbons (Fsp3) is 0.242. The minimum atomic E-state index is -3.98. The van der Waals surface area contributed by atoms with Gasteiger partial charge < -0.3 is 24.6 Å². The van der Waals surface area contributed by atoms with Crippen molar-refractivity contribution in [3.63, 3.8) is 0 Å². The molecule has 2 N–H and O–H groups in total. The number of sulfonamides is 1. The van der Waals surface area contributed by atoms with E-state index in [-0.39, 0.29) is 11.5 Å². The molecule has 1 fully saturated rings. The Balaban J connectivity index is 1.36. The molecule has 10 heteroatoms. The Morgan fingerprint density at radius 1 is 0.814 bits per heavy atom. The van der Waals surface area contributed by atoms with Crippen LogP contribution in [-0.2, 0) is 14.8 Å². The highest BCUT2D eigenvalue weighted by Gasteiger charge is 2.27. The molecule has 5 rings (SSSR count). The average Bonchev–Trinajstić information content (AvgIpc) is 3.04. The summed E-state index contributed by atoms with van der Waals surface area (Å²) in [6.07, 6.45) is 0. The summed E-state index contributed by atoms with van der Waals surface area (Å²) in [6.45, 7) is 4.29. The molecule has 1 aliphatic rings. The number of nitrogens with zero attached hydrogens (tertiary/aromatic N) is 2. The minimum absolute atomic E-state index is 0.106. The summed E-state index contributed by atoms with van der Waals surface area (Å²) in [5.74, 6) is 0.982. The highest BCUT2D eigenvalue weighted by Crippen LogP contribution is 2.31. The molecule has 0 bridgehead atoms. The number of nitrogens with one attached hydrogen (secondary N) is 2. The Kier molecular flexibility index (Phi) is 9.48. The van der Waals surface area contributed by atoms with Crippen molar-refractivity contribution < 1.29 is 22.7 Å².